The Kier molecular flexibility index (Phi) is 6.23. The highest BCUT2D eigenvalue weighted by molar-refractivity contribution is 7.86. The van der Waals surface area contributed by atoms with E-state index in [0.717, 1.165) is 24.0 Å². The van der Waals surface area contributed by atoms with Crippen molar-refractivity contribution in [2.45, 2.75) is 48.3 Å². The van der Waals surface area contributed by atoms with Gasteiger partial charge in [0.05, 0.1) is 9.79 Å². The van der Waals surface area contributed by atoms with Gasteiger partial charge in [0.1, 0.15) is 10.1 Å². The van der Waals surface area contributed by atoms with Crippen LogP contribution in [0, 0.1) is 0 Å². The van der Waals surface area contributed by atoms with Gasteiger partial charge in [-0.25, -0.2) is 8.42 Å². The van der Waals surface area contributed by atoms with Gasteiger partial charge in [0.25, 0.3) is 10.1 Å². The van der Waals surface area contributed by atoms with Crippen molar-refractivity contribution in [2.75, 3.05) is 0 Å². The molecule has 2 aromatic rings. The van der Waals surface area contributed by atoms with Crippen molar-refractivity contribution in [1.82, 2.24) is 0 Å². The lowest BCUT2D eigenvalue weighted by atomic mass is 9.85. The van der Waals surface area contributed by atoms with Crippen molar-refractivity contribution in [3.63, 3.8) is 0 Å². The van der Waals surface area contributed by atoms with E-state index in [4.69, 9.17) is 4.55 Å². The van der Waals surface area contributed by atoms with Gasteiger partial charge in [-0.2, -0.15) is 8.42 Å². The summed E-state index contributed by atoms with van der Waals surface area (Å²) >= 11 is 0. The molecule has 0 bridgehead atoms. The smallest absolute Gasteiger partial charge is 0.294 e. The van der Waals surface area contributed by atoms with Gasteiger partial charge in [-0.3, -0.25) is 4.55 Å². The van der Waals surface area contributed by atoms with Gasteiger partial charge >= 0.3 is 0 Å². The molecule has 0 saturated heterocycles. The number of hydrogen-bond donors (Lipinski definition) is 1. The Labute approximate surface area is 154 Å². The second-order valence-corrected chi connectivity index (χ2v) is 9.11. The summed E-state index contributed by atoms with van der Waals surface area (Å²) in [4.78, 5) is -0.389. The molecule has 0 aliphatic heterocycles. The summed E-state index contributed by atoms with van der Waals surface area (Å²) in [6.07, 6.45) is 1.60. The van der Waals surface area contributed by atoms with Crippen LogP contribution < -0.4 is 0 Å². The fourth-order valence-electron chi connectivity index (χ4n) is 2.98. The highest BCUT2D eigenvalue weighted by Gasteiger charge is 2.17. The highest BCUT2D eigenvalue weighted by atomic mass is 32.2. The molecule has 2 atom stereocenters. The summed E-state index contributed by atoms with van der Waals surface area (Å²) in [7, 11) is -8.66. The summed E-state index contributed by atoms with van der Waals surface area (Å²) < 4.78 is 64.3. The monoisotopic (exact) mass is 397 g/mol. The average Bonchev–Trinajstić information content (AvgIpc) is 2.58. The fourth-order valence-corrected chi connectivity index (χ4v) is 3.93. The Hall–Kier alpha value is -1.74. The molecule has 0 aliphatic carbocycles. The standard InChI is InChI=1S/C18H22O6S2/c1-3-14(16-6-10-18(11-7-16)26(22,23)24)12-13(2)15-4-8-17(9-5-15)25(19,20)21/h4-11,13-14H,3,12H2,1-2H3,(H,19,20,21)(H,22,23,24)/p-1. The zero-order chi connectivity index (χ0) is 19.5. The second-order valence-electron chi connectivity index (χ2n) is 6.31. The van der Waals surface area contributed by atoms with E-state index < -0.39 is 20.2 Å². The summed E-state index contributed by atoms with van der Waals surface area (Å²) in [5.41, 5.74) is 1.89. The summed E-state index contributed by atoms with van der Waals surface area (Å²) in [5.74, 6) is 0.285. The maximum absolute atomic E-state index is 11.1. The molecule has 2 rings (SSSR count). The third-order valence-electron chi connectivity index (χ3n) is 4.52. The maximum Gasteiger partial charge on any atom is 0.294 e. The first-order chi connectivity index (χ1) is 12.0. The molecule has 8 heteroatoms. The van der Waals surface area contributed by atoms with Crippen LogP contribution in [0.5, 0.6) is 0 Å². The predicted octanol–water partition coefficient (Wildman–Crippen LogP) is 3.52. The van der Waals surface area contributed by atoms with Crippen LogP contribution in [0.2, 0.25) is 0 Å². The lowest BCUT2D eigenvalue weighted by Gasteiger charge is -2.21. The van der Waals surface area contributed by atoms with E-state index >= 15 is 0 Å². The Morgan fingerprint density at radius 1 is 0.885 bits per heavy atom. The molecular formula is C18H21O6S2-. The predicted molar refractivity (Wildman–Crippen MR) is 96.7 cm³/mol. The fraction of sp³-hybridized carbons (Fsp3) is 0.333. The van der Waals surface area contributed by atoms with Crippen molar-refractivity contribution >= 4 is 20.2 Å². The van der Waals surface area contributed by atoms with Crippen molar-refractivity contribution in [2.24, 2.45) is 0 Å². The van der Waals surface area contributed by atoms with Gasteiger partial charge in [0, 0.05) is 0 Å². The minimum Gasteiger partial charge on any atom is -0.744 e. The minimum atomic E-state index is -4.45. The van der Waals surface area contributed by atoms with E-state index in [1.165, 1.54) is 24.3 Å². The first kappa shape index (κ1) is 20.6. The van der Waals surface area contributed by atoms with E-state index in [1.807, 2.05) is 13.8 Å². The van der Waals surface area contributed by atoms with Gasteiger partial charge in [-0.05, 0) is 60.1 Å². The molecule has 6 nitrogen and oxygen atoms in total. The molecular weight excluding hydrogens is 376 g/mol. The van der Waals surface area contributed by atoms with E-state index in [2.05, 4.69) is 0 Å². The van der Waals surface area contributed by atoms with Crippen molar-refractivity contribution in [3.8, 4) is 0 Å². The van der Waals surface area contributed by atoms with Crippen molar-refractivity contribution < 1.29 is 25.9 Å². The third-order valence-corrected chi connectivity index (χ3v) is 6.24. The van der Waals surface area contributed by atoms with Crippen molar-refractivity contribution in [1.29, 1.82) is 0 Å². The Morgan fingerprint density at radius 2 is 1.35 bits per heavy atom. The van der Waals surface area contributed by atoms with E-state index in [1.54, 1.807) is 24.3 Å². The normalized spacial score (nSPS) is 14.8. The number of rotatable bonds is 7. The average molecular weight is 397 g/mol. The van der Waals surface area contributed by atoms with Crippen LogP contribution in [0.15, 0.2) is 58.3 Å². The largest absolute Gasteiger partial charge is 0.744 e. The molecule has 0 fully saturated rings. The Balaban J connectivity index is 2.16. The highest BCUT2D eigenvalue weighted by Crippen LogP contribution is 2.32. The molecule has 0 spiro atoms. The van der Waals surface area contributed by atoms with E-state index in [0.29, 0.717) is 0 Å². The number of hydrogen-bond acceptors (Lipinski definition) is 5. The molecule has 26 heavy (non-hydrogen) atoms. The Bertz CT molecular complexity index is 946. The first-order valence-electron chi connectivity index (χ1n) is 8.15. The van der Waals surface area contributed by atoms with Gasteiger partial charge in [0.15, 0.2) is 0 Å². The first-order valence-corrected chi connectivity index (χ1v) is 11.0. The van der Waals surface area contributed by atoms with Crippen LogP contribution in [0.4, 0.5) is 0 Å². The zero-order valence-electron chi connectivity index (χ0n) is 14.5. The molecule has 0 aliphatic rings. The Morgan fingerprint density at radius 3 is 1.77 bits per heavy atom. The molecule has 0 heterocycles. The topological polar surface area (TPSA) is 112 Å². The van der Waals surface area contributed by atoms with Crippen LogP contribution in [0.25, 0.3) is 0 Å². The molecule has 0 radical (unpaired) electrons. The third kappa shape index (κ3) is 5.14. The second kappa shape index (κ2) is 7.87. The van der Waals surface area contributed by atoms with Crippen LogP contribution in [-0.2, 0) is 20.2 Å². The van der Waals surface area contributed by atoms with Crippen LogP contribution in [-0.4, -0.2) is 25.9 Å². The van der Waals surface area contributed by atoms with Gasteiger partial charge in [-0.1, -0.05) is 38.1 Å². The van der Waals surface area contributed by atoms with E-state index in [9.17, 15) is 21.4 Å². The lowest BCUT2D eigenvalue weighted by Crippen LogP contribution is -2.05. The quantitative estimate of drug-likeness (QED) is 0.715. The van der Waals surface area contributed by atoms with Gasteiger partial charge < -0.3 is 4.55 Å². The summed E-state index contributed by atoms with van der Waals surface area (Å²) in [5, 5.41) is 0. The van der Waals surface area contributed by atoms with Crippen molar-refractivity contribution in [3.05, 3.63) is 59.7 Å². The molecule has 2 unspecified atom stereocenters. The maximum atomic E-state index is 11.1. The van der Waals surface area contributed by atoms with Gasteiger partial charge in [0.2, 0.25) is 0 Å². The van der Waals surface area contributed by atoms with E-state index in [-0.39, 0.29) is 21.6 Å². The molecule has 0 amide bonds. The molecule has 1 N–H and O–H groups in total. The zero-order valence-corrected chi connectivity index (χ0v) is 16.1. The molecule has 142 valence electrons. The summed E-state index contributed by atoms with van der Waals surface area (Å²) in [6, 6.07) is 12.1. The van der Waals surface area contributed by atoms with Crippen LogP contribution >= 0.6 is 0 Å². The number of benzene rings is 2. The SMILES string of the molecule is CCC(CC(C)c1ccc(S(=O)(=O)O)cc1)c1ccc(S(=O)(=O)[O-])cc1. The lowest BCUT2D eigenvalue weighted by molar-refractivity contribution is 0.462. The van der Waals surface area contributed by atoms with Crippen LogP contribution in [0.1, 0.15) is 49.7 Å². The minimum absolute atomic E-state index is 0.123. The molecule has 0 saturated carbocycles. The van der Waals surface area contributed by atoms with Gasteiger partial charge in [-0.15, -0.1) is 0 Å². The molecule has 0 aromatic heterocycles. The van der Waals surface area contributed by atoms with Crippen LogP contribution in [0.3, 0.4) is 0 Å². The summed E-state index contributed by atoms with van der Waals surface area (Å²) in [6.45, 7) is 4.04. The molecule has 2 aromatic carbocycles.